The van der Waals surface area contributed by atoms with E-state index in [1.165, 1.54) is 6.21 Å². The van der Waals surface area contributed by atoms with Gasteiger partial charge in [0.2, 0.25) is 0 Å². The average Bonchev–Trinajstić information content (AvgIpc) is 2.49. The summed E-state index contributed by atoms with van der Waals surface area (Å²) in [4.78, 5) is 11.9. The number of carbonyl (C=O) groups is 1. The minimum absolute atomic E-state index is 0.310. The zero-order valence-corrected chi connectivity index (χ0v) is 12.0. The lowest BCUT2D eigenvalue weighted by atomic mass is 10.0. The molecule has 0 aromatic heterocycles. The Morgan fingerprint density at radius 3 is 2.75 bits per heavy atom. The smallest absolute Gasteiger partial charge is 0.314 e. The van der Waals surface area contributed by atoms with Gasteiger partial charge in [0, 0.05) is 0 Å². The van der Waals surface area contributed by atoms with Crippen LogP contribution in [-0.4, -0.2) is 24.0 Å². The Morgan fingerprint density at radius 1 is 1.35 bits per heavy atom. The van der Waals surface area contributed by atoms with E-state index in [1.807, 2.05) is 30.3 Å². The predicted molar refractivity (Wildman–Crippen MR) is 79.0 cm³/mol. The number of aryl methyl sites for hydroxylation is 1. The Labute approximate surface area is 120 Å². The minimum atomic E-state index is -0.484. The molecular weight excluding hydrogens is 254 g/mol. The molecule has 0 bridgehead atoms. The van der Waals surface area contributed by atoms with E-state index in [0.29, 0.717) is 13.0 Å². The van der Waals surface area contributed by atoms with Crippen molar-refractivity contribution in [2.24, 2.45) is 11.1 Å². The van der Waals surface area contributed by atoms with Crippen molar-refractivity contribution in [3.05, 3.63) is 35.9 Å². The van der Waals surface area contributed by atoms with Crippen LogP contribution in [0.3, 0.4) is 0 Å². The van der Waals surface area contributed by atoms with Crippen LogP contribution in [0.1, 0.15) is 38.2 Å². The maximum Gasteiger partial charge on any atom is 0.314 e. The summed E-state index contributed by atoms with van der Waals surface area (Å²) >= 11 is 0. The number of nitrogens with zero attached hydrogens (tertiary/aromatic N) is 1. The quantitative estimate of drug-likeness (QED) is 0.247. The minimum Gasteiger partial charge on any atom is -0.465 e. The van der Waals surface area contributed by atoms with E-state index in [2.05, 4.69) is 12.1 Å². The van der Waals surface area contributed by atoms with Gasteiger partial charge in [-0.2, -0.15) is 0 Å². The molecule has 0 fully saturated rings. The van der Waals surface area contributed by atoms with Gasteiger partial charge in [-0.05, 0) is 24.8 Å². The standard InChI is InChI=1S/C16H23NO3/c1-2-3-7-12-20-16(18)15(13-17-19)11-10-14-8-5-4-6-9-14/h4-6,8-9,13,15,19H,2-3,7,10-12H2,1H3/b17-13-. The molecular formula is C16H23NO3. The lowest BCUT2D eigenvalue weighted by Crippen LogP contribution is -2.20. The molecule has 1 aromatic carbocycles. The van der Waals surface area contributed by atoms with Crippen LogP contribution in [0, 0.1) is 5.92 Å². The predicted octanol–water partition coefficient (Wildman–Crippen LogP) is 3.43. The Bertz CT molecular complexity index is 403. The number of unbranched alkanes of at least 4 members (excludes halogenated alkanes) is 2. The van der Waals surface area contributed by atoms with Crippen LogP contribution in [0.2, 0.25) is 0 Å². The van der Waals surface area contributed by atoms with Crippen molar-refractivity contribution in [1.29, 1.82) is 0 Å². The zero-order valence-electron chi connectivity index (χ0n) is 12.0. The van der Waals surface area contributed by atoms with Crippen LogP contribution < -0.4 is 0 Å². The van der Waals surface area contributed by atoms with Gasteiger partial charge in [-0.3, -0.25) is 4.79 Å². The number of benzene rings is 1. The van der Waals surface area contributed by atoms with Gasteiger partial charge in [0.25, 0.3) is 0 Å². The van der Waals surface area contributed by atoms with Gasteiger partial charge in [-0.15, -0.1) is 5.16 Å². The van der Waals surface area contributed by atoms with Crippen LogP contribution in [0.15, 0.2) is 35.5 Å². The third-order valence-electron chi connectivity index (χ3n) is 3.13. The molecule has 0 spiro atoms. The number of hydrogen-bond donors (Lipinski definition) is 1. The van der Waals surface area contributed by atoms with Crippen LogP contribution in [0.25, 0.3) is 0 Å². The first-order chi connectivity index (χ1) is 9.77. The van der Waals surface area contributed by atoms with Crippen LogP contribution in [0.4, 0.5) is 0 Å². The first-order valence-electron chi connectivity index (χ1n) is 7.16. The topological polar surface area (TPSA) is 58.9 Å². The van der Waals surface area contributed by atoms with E-state index >= 15 is 0 Å². The van der Waals surface area contributed by atoms with E-state index in [-0.39, 0.29) is 5.97 Å². The Morgan fingerprint density at radius 2 is 2.10 bits per heavy atom. The van der Waals surface area contributed by atoms with Crippen molar-refractivity contribution < 1.29 is 14.7 Å². The molecule has 0 radical (unpaired) electrons. The number of ether oxygens (including phenoxy) is 1. The highest BCUT2D eigenvalue weighted by Crippen LogP contribution is 2.11. The summed E-state index contributed by atoms with van der Waals surface area (Å²) in [6, 6.07) is 9.92. The molecule has 0 aliphatic heterocycles. The van der Waals surface area contributed by atoms with Crippen LogP contribution >= 0.6 is 0 Å². The first-order valence-corrected chi connectivity index (χ1v) is 7.16. The third-order valence-corrected chi connectivity index (χ3v) is 3.13. The molecule has 0 saturated carbocycles. The molecule has 1 unspecified atom stereocenters. The van der Waals surface area contributed by atoms with Gasteiger partial charge in [0.1, 0.15) is 0 Å². The molecule has 0 aliphatic carbocycles. The highest BCUT2D eigenvalue weighted by Gasteiger charge is 2.18. The van der Waals surface area contributed by atoms with Gasteiger partial charge < -0.3 is 9.94 Å². The van der Waals surface area contributed by atoms with Crippen molar-refractivity contribution in [2.45, 2.75) is 39.0 Å². The Kier molecular flexibility index (Phi) is 8.11. The summed E-state index contributed by atoms with van der Waals surface area (Å²) in [5, 5.41) is 11.6. The molecule has 1 rings (SSSR count). The summed E-state index contributed by atoms with van der Waals surface area (Å²) in [5.41, 5.74) is 1.16. The fourth-order valence-corrected chi connectivity index (χ4v) is 1.93. The molecule has 0 aliphatic rings. The summed E-state index contributed by atoms with van der Waals surface area (Å²) in [7, 11) is 0. The molecule has 1 aromatic rings. The Balaban J connectivity index is 2.41. The second kappa shape index (κ2) is 10.0. The molecule has 4 heteroatoms. The second-order valence-electron chi connectivity index (χ2n) is 4.77. The van der Waals surface area contributed by atoms with Crippen molar-refractivity contribution >= 4 is 12.2 Å². The SMILES string of the molecule is CCCCCOC(=O)C(/C=N\O)CCc1ccccc1. The van der Waals surface area contributed by atoms with Crippen molar-refractivity contribution in [1.82, 2.24) is 0 Å². The second-order valence-corrected chi connectivity index (χ2v) is 4.77. The number of esters is 1. The fourth-order valence-electron chi connectivity index (χ4n) is 1.93. The summed E-state index contributed by atoms with van der Waals surface area (Å²) < 4.78 is 5.21. The molecule has 0 heterocycles. The molecule has 0 amide bonds. The van der Waals surface area contributed by atoms with Gasteiger partial charge in [-0.25, -0.2) is 0 Å². The van der Waals surface area contributed by atoms with E-state index in [1.54, 1.807) is 0 Å². The average molecular weight is 277 g/mol. The molecule has 1 atom stereocenters. The van der Waals surface area contributed by atoms with E-state index in [0.717, 1.165) is 31.2 Å². The number of hydrogen-bond acceptors (Lipinski definition) is 4. The lowest BCUT2D eigenvalue weighted by molar-refractivity contribution is -0.146. The lowest BCUT2D eigenvalue weighted by Gasteiger charge is -2.11. The fraction of sp³-hybridized carbons (Fsp3) is 0.500. The largest absolute Gasteiger partial charge is 0.465 e. The maximum absolute atomic E-state index is 11.9. The maximum atomic E-state index is 11.9. The van der Waals surface area contributed by atoms with Gasteiger partial charge in [-0.1, -0.05) is 50.1 Å². The summed E-state index contributed by atoms with van der Waals surface area (Å²) in [6.45, 7) is 2.54. The molecule has 110 valence electrons. The summed E-state index contributed by atoms with van der Waals surface area (Å²) in [6.07, 6.45) is 5.61. The highest BCUT2D eigenvalue weighted by atomic mass is 16.5. The van der Waals surface area contributed by atoms with Gasteiger partial charge in [0.05, 0.1) is 18.7 Å². The first kappa shape index (κ1) is 16.2. The third kappa shape index (κ3) is 6.36. The van der Waals surface area contributed by atoms with Crippen LogP contribution in [0.5, 0.6) is 0 Å². The molecule has 20 heavy (non-hydrogen) atoms. The normalized spacial score (nSPS) is 12.4. The molecule has 4 nitrogen and oxygen atoms in total. The zero-order chi connectivity index (χ0) is 14.6. The molecule has 1 N–H and O–H groups in total. The number of rotatable bonds is 9. The highest BCUT2D eigenvalue weighted by molar-refractivity contribution is 5.89. The monoisotopic (exact) mass is 277 g/mol. The Hall–Kier alpha value is -1.84. The van der Waals surface area contributed by atoms with E-state index < -0.39 is 5.92 Å². The van der Waals surface area contributed by atoms with E-state index in [4.69, 9.17) is 9.94 Å². The van der Waals surface area contributed by atoms with Crippen LogP contribution in [-0.2, 0) is 16.0 Å². The van der Waals surface area contributed by atoms with Crippen molar-refractivity contribution in [3.8, 4) is 0 Å². The summed E-state index contributed by atoms with van der Waals surface area (Å²) in [5.74, 6) is -0.795. The van der Waals surface area contributed by atoms with Crippen molar-refractivity contribution in [3.63, 3.8) is 0 Å². The van der Waals surface area contributed by atoms with Gasteiger partial charge >= 0.3 is 5.97 Å². The van der Waals surface area contributed by atoms with Gasteiger partial charge in [0.15, 0.2) is 0 Å². The van der Waals surface area contributed by atoms with E-state index in [9.17, 15) is 4.79 Å². The molecule has 0 saturated heterocycles. The number of oxime groups is 1. The number of carbonyl (C=O) groups excluding carboxylic acids is 1. The van der Waals surface area contributed by atoms with Crippen molar-refractivity contribution in [2.75, 3.05) is 6.61 Å².